The van der Waals surface area contributed by atoms with Crippen molar-refractivity contribution < 1.29 is 33.3 Å². The number of aliphatic hydroxyl groups is 1. The minimum absolute atomic E-state index is 0. The van der Waals surface area contributed by atoms with Crippen LogP contribution in [0.4, 0.5) is 5.69 Å². The van der Waals surface area contributed by atoms with Gasteiger partial charge in [-0.2, -0.15) is 0 Å². The molecule has 0 amide bonds. The number of alkyl halides is 1. The average Bonchev–Trinajstić information content (AvgIpc) is 3.11. The van der Waals surface area contributed by atoms with Crippen LogP contribution in [0.15, 0.2) is 113 Å². The van der Waals surface area contributed by atoms with Crippen LogP contribution in [0, 0.1) is 0 Å². The summed E-state index contributed by atoms with van der Waals surface area (Å²) in [6.45, 7) is 1.34. The maximum atomic E-state index is 11.5. The standard InChI is InChI=1S/C9H7BrO2.C9H11NO2.C9H7NO2.C9H8O2.ClH/c3*10-7-5-12-8-4-2-1-3-6(8)9(7)11;10-8-5-6-11-9-4-2-1-3-7(8)9;/h1-4,7H,5H2;1-4,7,9,11H,5,10H2;1-5H,10H2;1-4H,5-6H2;1H. The molecule has 3 aliphatic heterocycles. The van der Waals surface area contributed by atoms with Gasteiger partial charge in [-0.3, -0.25) is 14.4 Å². The summed E-state index contributed by atoms with van der Waals surface area (Å²) in [5.74, 6) is 2.46. The second-order valence-corrected chi connectivity index (χ2v) is 11.7. The van der Waals surface area contributed by atoms with Crippen molar-refractivity contribution in [3.63, 3.8) is 0 Å². The SMILES string of the molecule is Cl.NC1COc2ccccc2C1O.Nc1coc2ccccc2c1=O.O=C1CCOc2ccccc21.O=C1c2ccccc2OCC1Br. The summed E-state index contributed by atoms with van der Waals surface area (Å²) in [6.07, 6.45) is 1.19. The molecule has 0 bridgehead atoms. The van der Waals surface area contributed by atoms with Gasteiger partial charge < -0.3 is 35.2 Å². The molecule has 3 aliphatic rings. The number of fused-ring (bicyclic) bond motifs is 4. The number of hydrogen-bond donors (Lipinski definition) is 3. The topological polar surface area (TPSA) is 164 Å². The molecule has 250 valence electrons. The number of carbonyl (C=O) groups is 2. The van der Waals surface area contributed by atoms with Crippen LogP contribution >= 0.6 is 28.3 Å². The lowest BCUT2D eigenvalue weighted by Crippen LogP contribution is -2.37. The van der Waals surface area contributed by atoms with Gasteiger partial charge in [0.05, 0.1) is 29.2 Å². The molecule has 0 radical (unpaired) electrons. The van der Waals surface area contributed by atoms with Crippen molar-refractivity contribution in [2.75, 3.05) is 25.6 Å². The van der Waals surface area contributed by atoms with Crippen molar-refractivity contribution >= 4 is 56.6 Å². The molecule has 3 atom stereocenters. The largest absolute Gasteiger partial charge is 0.492 e. The lowest BCUT2D eigenvalue weighted by molar-refractivity contribution is 0.0914. The molecule has 48 heavy (non-hydrogen) atoms. The number of rotatable bonds is 0. The van der Waals surface area contributed by atoms with Gasteiger partial charge in [0.15, 0.2) is 11.6 Å². The summed E-state index contributed by atoms with van der Waals surface area (Å²) in [6, 6.07) is 28.8. The maximum Gasteiger partial charge on any atom is 0.215 e. The number of Topliss-reactive ketones (excluding diaryl/α,β-unsaturated/α-hetero) is 2. The third-order valence-corrected chi connectivity index (χ3v) is 8.06. The minimum Gasteiger partial charge on any atom is -0.492 e. The summed E-state index contributed by atoms with van der Waals surface area (Å²) < 4.78 is 21.0. The number of anilines is 1. The van der Waals surface area contributed by atoms with Crippen LogP contribution in [0.5, 0.6) is 17.2 Å². The number of benzene rings is 4. The van der Waals surface area contributed by atoms with Crippen LogP contribution in [0.3, 0.4) is 0 Å². The predicted octanol–water partition coefficient (Wildman–Crippen LogP) is 5.91. The average molecular weight is 738 g/mol. The predicted molar refractivity (Wildman–Crippen MR) is 189 cm³/mol. The zero-order chi connectivity index (χ0) is 33.3. The second kappa shape index (κ2) is 16.9. The first kappa shape index (κ1) is 36.2. The molecule has 10 nitrogen and oxygen atoms in total. The van der Waals surface area contributed by atoms with E-state index in [1.54, 1.807) is 30.3 Å². The maximum absolute atomic E-state index is 11.5. The molecule has 4 heterocycles. The molecule has 1 aromatic heterocycles. The van der Waals surface area contributed by atoms with Gasteiger partial charge in [0.1, 0.15) is 58.9 Å². The highest BCUT2D eigenvalue weighted by atomic mass is 79.9. The number of ketones is 2. The third-order valence-electron chi connectivity index (χ3n) is 7.38. The van der Waals surface area contributed by atoms with E-state index < -0.39 is 6.10 Å². The number of nitrogens with two attached hydrogens (primary N) is 2. The van der Waals surface area contributed by atoms with Gasteiger partial charge in [0.2, 0.25) is 5.43 Å². The van der Waals surface area contributed by atoms with Crippen molar-refractivity contribution in [3.8, 4) is 17.2 Å². The van der Waals surface area contributed by atoms with E-state index >= 15 is 0 Å². The monoisotopic (exact) mass is 736 g/mol. The van der Waals surface area contributed by atoms with E-state index in [1.807, 2.05) is 66.7 Å². The number of halogens is 2. The number of para-hydroxylation sites is 4. The molecule has 0 saturated carbocycles. The molecule has 5 N–H and O–H groups in total. The Morgan fingerprint density at radius 3 is 2.04 bits per heavy atom. The van der Waals surface area contributed by atoms with E-state index in [4.69, 9.17) is 30.1 Å². The summed E-state index contributed by atoms with van der Waals surface area (Å²) in [7, 11) is 0. The van der Waals surface area contributed by atoms with Crippen LogP contribution in [-0.2, 0) is 0 Å². The van der Waals surface area contributed by atoms with Gasteiger partial charge in [-0.1, -0.05) is 70.5 Å². The second-order valence-electron chi connectivity index (χ2n) is 10.6. The quantitative estimate of drug-likeness (QED) is 0.163. The first-order chi connectivity index (χ1) is 22.7. The van der Waals surface area contributed by atoms with Gasteiger partial charge in [0.25, 0.3) is 0 Å². The third kappa shape index (κ3) is 8.61. The summed E-state index contributed by atoms with van der Waals surface area (Å²) in [4.78, 5) is 33.9. The van der Waals surface area contributed by atoms with Crippen LogP contribution in [-0.4, -0.2) is 47.4 Å². The Morgan fingerprint density at radius 1 is 0.729 bits per heavy atom. The first-order valence-electron chi connectivity index (χ1n) is 14.8. The molecule has 4 aromatic carbocycles. The van der Waals surface area contributed by atoms with Crippen molar-refractivity contribution in [1.82, 2.24) is 0 Å². The van der Waals surface area contributed by atoms with Gasteiger partial charge >= 0.3 is 0 Å². The van der Waals surface area contributed by atoms with Crippen molar-refractivity contribution in [2.45, 2.75) is 23.4 Å². The van der Waals surface area contributed by atoms with Crippen LogP contribution < -0.4 is 31.1 Å². The van der Waals surface area contributed by atoms with Crippen LogP contribution in [0.1, 0.15) is 38.8 Å². The zero-order valence-electron chi connectivity index (χ0n) is 25.6. The first-order valence-corrected chi connectivity index (χ1v) is 15.7. The van der Waals surface area contributed by atoms with Crippen molar-refractivity contribution in [1.29, 1.82) is 0 Å². The molecule has 3 unspecified atom stereocenters. The Hall–Kier alpha value is -4.68. The number of hydrogen-bond acceptors (Lipinski definition) is 10. The Bertz CT molecular complexity index is 1930. The Kier molecular flexibility index (Phi) is 12.8. The number of aliphatic hydroxyl groups excluding tert-OH is 1. The molecule has 0 fully saturated rings. The highest BCUT2D eigenvalue weighted by molar-refractivity contribution is 9.10. The fourth-order valence-corrected chi connectivity index (χ4v) is 5.25. The Morgan fingerprint density at radius 2 is 1.31 bits per heavy atom. The molecule has 0 saturated heterocycles. The van der Waals surface area contributed by atoms with E-state index in [0.29, 0.717) is 48.5 Å². The molecule has 0 spiro atoms. The minimum atomic E-state index is -0.588. The summed E-state index contributed by atoms with van der Waals surface area (Å²) >= 11 is 3.25. The Balaban J connectivity index is 0.000000144. The van der Waals surface area contributed by atoms with E-state index in [1.165, 1.54) is 6.26 Å². The van der Waals surface area contributed by atoms with E-state index in [-0.39, 0.29) is 46.0 Å². The van der Waals surface area contributed by atoms with E-state index in [0.717, 1.165) is 22.6 Å². The lowest BCUT2D eigenvalue weighted by atomic mass is 10.0. The fraction of sp³-hybridized carbons (Fsp3) is 0.194. The van der Waals surface area contributed by atoms with Crippen molar-refractivity contribution in [3.05, 3.63) is 130 Å². The van der Waals surface area contributed by atoms with Gasteiger partial charge in [-0.15, -0.1) is 12.4 Å². The molecule has 8 rings (SSSR count). The summed E-state index contributed by atoms with van der Waals surface area (Å²) in [5.41, 5.74) is 13.7. The van der Waals surface area contributed by atoms with Crippen LogP contribution in [0.2, 0.25) is 0 Å². The fourth-order valence-electron chi connectivity index (χ4n) is 4.87. The Labute approximate surface area is 291 Å². The molecule has 5 aromatic rings. The lowest BCUT2D eigenvalue weighted by Gasteiger charge is -2.27. The molecular formula is C36H34BrClN2O8. The van der Waals surface area contributed by atoms with E-state index in [2.05, 4.69) is 15.9 Å². The molecule has 12 heteroatoms. The smallest absolute Gasteiger partial charge is 0.215 e. The number of nitrogen functional groups attached to an aromatic ring is 1. The molecular weight excluding hydrogens is 704 g/mol. The molecule has 0 aliphatic carbocycles. The highest BCUT2D eigenvalue weighted by Gasteiger charge is 2.26. The van der Waals surface area contributed by atoms with Gasteiger partial charge in [-0.05, 0) is 42.5 Å². The normalized spacial score (nSPS) is 18.4. The summed E-state index contributed by atoms with van der Waals surface area (Å²) in [5, 5.41) is 10.2. The number of carbonyl (C=O) groups excluding carboxylic acids is 2. The van der Waals surface area contributed by atoms with Gasteiger partial charge in [-0.25, -0.2) is 0 Å². The van der Waals surface area contributed by atoms with Gasteiger partial charge in [0, 0.05) is 12.0 Å². The van der Waals surface area contributed by atoms with E-state index in [9.17, 15) is 19.5 Å². The zero-order valence-corrected chi connectivity index (χ0v) is 28.0. The van der Waals surface area contributed by atoms with Crippen LogP contribution in [0.25, 0.3) is 11.0 Å². The van der Waals surface area contributed by atoms with Crippen molar-refractivity contribution in [2.24, 2.45) is 5.73 Å². The highest BCUT2D eigenvalue weighted by Crippen LogP contribution is 2.30. The number of ether oxygens (including phenoxy) is 3.